The van der Waals surface area contributed by atoms with Crippen molar-refractivity contribution in [2.75, 3.05) is 0 Å². The number of pyridine rings is 1. The first kappa shape index (κ1) is 9.93. The standard InChI is InChI=1S/C11H9ClN2O/c1-8(15)10-3-2-6-14(10)11-4-5-13-7-9(11)12/h2-7H,1H3. The highest BCUT2D eigenvalue weighted by Crippen LogP contribution is 2.20. The van der Waals surface area contributed by atoms with Gasteiger partial charge in [-0.2, -0.15) is 0 Å². The van der Waals surface area contributed by atoms with Gasteiger partial charge in [0.25, 0.3) is 0 Å². The number of halogens is 1. The minimum Gasteiger partial charge on any atom is -0.312 e. The predicted octanol–water partition coefficient (Wildman–Crippen LogP) is 2.73. The van der Waals surface area contributed by atoms with Crippen LogP contribution in [0.3, 0.4) is 0 Å². The Morgan fingerprint density at radius 2 is 2.27 bits per heavy atom. The summed E-state index contributed by atoms with van der Waals surface area (Å²) in [6.07, 6.45) is 5.00. The van der Waals surface area contributed by atoms with Crippen LogP contribution in [0.4, 0.5) is 0 Å². The van der Waals surface area contributed by atoms with Crippen LogP contribution in [0, 0.1) is 0 Å². The number of carbonyl (C=O) groups excluding carboxylic acids is 1. The van der Waals surface area contributed by atoms with E-state index in [-0.39, 0.29) is 5.78 Å². The van der Waals surface area contributed by atoms with Gasteiger partial charge in [-0.25, -0.2) is 0 Å². The van der Waals surface area contributed by atoms with E-state index in [0.717, 1.165) is 5.69 Å². The summed E-state index contributed by atoms with van der Waals surface area (Å²) in [5.74, 6) is 0.00730. The zero-order valence-corrected chi connectivity index (χ0v) is 8.90. The van der Waals surface area contributed by atoms with Crippen molar-refractivity contribution in [3.8, 4) is 5.69 Å². The molecule has 0 radical (unpaired) electrons. The molecule has 0 aliphatic carbocycles. The molecule has 0 unspecified atom stereocenters. The average molecular weight is 221 g/mol. The van der Waals surface area contributed by atoms with Gasteiger partial charge in [-0.3, -0.25) is 9.78 Å². The predicted molar refractivity (Wildman–Crippen MR) is 58.6 cm³/mol. The normalized spacial score (nSPS) is 10.3. The molecule has 0 aliphatic heterocycles. The molecule has 2 rings (SSSR count). The van der Waals surface area contributed by atoms with Crippen molar-refractivity contribution in [1.82, 2.24) is 9.55 Å². The minimum atomic E-state index is 0.00730. The minimum absolute atomic E-state index is 0.00730. The van der Waals surface area contributed by atoms with Gasteiger partial charge >= 0.3 is 0 Å². The van der Waals surface area contributed by atoms with Crippen molar-refractivity contribution < 1.29 is 4.79 Å². The van der Waals surface area contributed by atoms with Crippen molar-refractivity contribution in [3.05, 3.63) is 47.5 Å². The quantitative estimate of drug-likeness (QED) is 0.730. The summed E-state index contributed by atoms with van der Waals surface area (Å²) in [6.45, 7) is 1.53. The molecule has 0 spiro atoms. The molecular weight excluding hydrogens is 212 g/mol. The van der Waals surface area contributed by atoms with Crippen LogP contribution in [-0.4, -0.2) is 15.3 Å². The molecule has 0 amide bonds. The van der Waals surface area contributed by atoms with E-state index < -0.39 is 0 Å². The molecule has 0 bridgehead atoms. The zero-order chi connectivity index (χ0) is 10.8. The molecule has 0 N–H and O–H groups in total. The van der Waals surface area contributed by atoms with Crippen molar-refractivity contribution in [2.24, 2.45) is 0 Å². The van der Waals surface area contributed by atoms with Crippen molar-refractivity contribution in [3.63, 3.8) is 0 Å². The largest absolute Gasteiger partial charge is 0.312 e. The van der Waals surface area contributed by atoms with E-state index in [1.165, 1.54) is 6.92 Å². The van der Waals surface area contributed by atoms with E-state index in [1.54, 1.807) is 35.3 Å². The summed E-state index contributed by atoms with van der Waals surface area (Å²) in [5.41, 5.74) is 1.38. The third-order valence-electron chi connectivity index (χ3n) is 2.12. The Bertz CT molecular complexity index is 505. The molecule has 2 aromatic heterocycles. The Balaban J connectivity index is 2.59. The first-order chi connectivity index (χ1) is 7.20. The molecule has 15 heavy (non-hydrogen) atoms. The van der Waals surface area contributed by atoms with E-state index in [1.807, 2.05) is 6.07 Å². The van der Waals surface area contributed by atoms with Crippen LogP contribution in [0.2, 0.25) is 5.02 Å². The monoisotopic (exact) mass is 220 g/mol. The number of nitrogens with zero attached hydrogens (tertiary/aromatic N) is 2. The van der Waals surface area contributed by atoms with Crippen LogP contribution >= 0.6 is 11.6 Å². The third kappa shape index (κ3) is 1.78. The maximum absolute atomic E-state index is 11.3. The third-order valence-corrected chi connectivity index (χ3v) is 2.41. The first-order valence-corrected chi connectivity index (χ1v) is 4.86. The maximum Gasteiger partial charge on any atom is 0.176 e. The summed E-state index contributed by atoms with van der Waals surface area (Å²) < 4.78 is 1.76. The average Bonchev–Trinajstić information content (AvgIpc) is 2.67. The van der Waals surface area contributed by atoms with Gasteiger partial charge in [-0.1, -0.05) is 11.6 Å². The lowest BCUT2D eigenvalue weighted by Gasteiger charge is -2.07. The molecule has 2 aromatic rings. The lowest BCUT2D eigenvalue weighted by Crippen LogP contribution is -2.03. The van der Waals surface area contributed by atoms with E-state index in [9.17, 15) is 4.79 Å². The summed E-state index contributed by atoms with van der Waals surface area (Å²) in [5, 5.41) is 0.524. The first-order valence-electron chi connectivity index (χ1n) is 4.48. The summed E-state index contributed by atoms with van der Waals surface area (Å²) in [4.78, 5) is 15.2. The molecule has 3 nitrogen and oxygen atoms in total. The molecule has 0 atom stereocenters. The second-order valence-corrected chi connectivity index (χ2v) is 3.55. The smallest absolute Gasteiger partial charge is 0.176 e. The topological polar surface area (TPSA) is 34.9 Å². The maximum atomic E-state index is 11.3. The number of rotatable bonds is 2. The highest BCUT2D eigenvalue weighted by atomic mass is 35.5. The summed E-state index contributed by atoms with van der Waals surface area (Å²) in [7, 11) is 0. The fraction of sp³-hybridized carbons (Fsp3) is 0.0909. The van der Waals surface area contributed by atoms with Gasteiger partial charge in [0.1, 0.15) is 0 Å². The van der Waals surface area contributed by atoms with Gasteiger partial charge in [0.05, 0.1) is 16.4 Å². The molecule has 2 heterocycles. The fourth-order valence-corrected chi connectivity index (χ4v) is 1.65. The number of carbonyl (C=O) groups is 1. The second-order valence-electron chi connectivity index (χ2n) is 3.15. The van der Waals surface area contributed by atoms with Crippen LogP contribution in [0.15, 0.2) is 36.8 Å². The number of ketones is 1. The van der Waals surface area contributed by atoms with Gasteiger partial charge in [0.15, 0.2) is 5.78 Å². The molecular formula is C11H9ClN2O. The Kier molecular flexibility index (Phi) is 2.56. The Morgan fingerprint density at radius 1 is 1.47 bits per heavy atom. The Labute approximate surface area is 92.3 Å². The highest BCUT2D eigenvalue weighted by Gasteiger charge is 2.09. The van der Waals surface area contributed by atoms with E-state index in [0.29, 0.717) is 10.7 Å². The molecule has 76 valence electrons. The number of Topliss-reactive ketones (excluding diaryl/α,β-unsaturated/α-hetero) is 1. The highest BCUT2D eigenvalue weighted by molar-refractivity contribution is 6.32. The van der Waals surface area contributed by atoms with Gasteiger partial charge < -0.3 is 4.57 Å². The zero-order valence-electron chi connectivity index (χ0n) is 8.14. The summed E-state index contributed by atoms with van der Waals surface area (Å²) in [6, 6.07) is 5.35. The number of hydrogen-bond acceptors (Lipinski definition) is 2. The molecule has 0 fully saturated rings. The van der Waals surface area contributed by atoms with Crippen molar-refractivity contribution in [1.29, 1.82) is 0 Å². The van der Waals surface area contributed by atoms with Crippen LogP contribution in [-0.2, 0) is 0 Å². The number of aromatic nitrogens is 2. The number of hydrogen-bond donors (Lipinski definition) is 0. The fourth-order valence-electron chi connectivity index (χ4n) is 1.44. The van der Waals surface area contributed by atoms with Crippen LogP contribution in [0.25, 0.3) is 5.69 Å². The molecule has 0 saturated heterocycles. The van der Waals surface area contributed by atoms with Gasteiger partial charge in [0.2, 0.25) is 0 Å². The van der Waals surface area contributed by atoms with Crippen molar-refractivity contribution in [2.45, 2.75) is 6.92 Å². The lowest BCUT2D eigenvalue weighted by atomic mass is 10.3. The van der Waals surface area contributed by atoms with E-state index in [2.05, 4.69) is 4.98 Å². The SMILES string of the molecule is CC(=O)c1cccn1-c1ccncc1Cl. The molecule has 0 saturated carbocycles. The van der Waals surface area contributed by atoms with E-state index >= 15 is 0 Å². The van der Waals surface area contributed by atoms with Crippen LogP contribution in [0.1, 0.15) is 17.4 Å². The van der Waals surface area contributed by atoms with Crippen molar-refractivity contribution >= 4 is 17.4 Å². The molecule has 4 heteroatoms. The summed E-state index contributed by atoms with van der Waals surface area (Å²) >= 11 is 6.00. The van der Waals surface area contributed by atoms with Gasteiger partial charge in [-0.05, 0) is 18.2 Å². The molecule has 0 aliphatic rings. The second kappa shape index (κ2) is 3.87. The van der Waals surface area contributed by atoms with Crippen LogP contribution in [0.5, 0.6) is 0 Å². The van der Waals surface area contributed by atoms with E-state index in [4.69, 9.17) is 11.6 Å². The van der Waals surface area contributed by atoms with Crippen LogP contribution < -0.4 is 0 Å². The Hall–Kier alpha value is -1.61. The van der Waals surface area contributed by atoms with Gasteiger partial charge in [-0.15, -0.1) is 0 Å². The Morgan fingerprint density at radius 3 is 2.93 bits per heavy atom. The lowest BCUT2D eigenvalue weighted by molar-refractivity contribution is 0.101. The molecule has 0 aromatic carbocycles. The van der Waals surface area contributed by atoms with Gasteiger partial charge in [0, 0.05) is 25.5 Å².